The molecule has 1 aromatic carbocycles. The number of rotatable bonds is 4. The number of anilines is 1. The van der Waals surface area contributed by atoms with Gasteiger partial charge in [-0.2, -0.15) is 16.4 Å². The second kappa shape index (κ2) is 5.07. The Hall–Kier alpha value is -0.720. The van der Waals surface area contributed by atoms with Crippen molar-refractivity contribution in [1.82, 2.24) is 4.31 Å². The summed E-state index contributed by atoms with van der Waals surface area (Å²) in [6.07, 6.45) is 1.74. The maximum absolute atomic E-state index is 12.0. The van der Waals surface area contributed by atoms with Crippen molar-refractivity contribution in [3.05, 3.63) is 29.8 Å². The molecule has 0 spiro atoms. The van der Waals surface area contributed by atoms with Gasteiger partial charge in [0, 0.05) is 20.4 Å². The van der Waals surface area contributed by atoms with Gasteiger partial charge >= 0.3 is 10.2 Å². The topological polar surface area (TPSA) is 40.6 Å². The Morgan fingerprint density at radius 1 is 1.12 bits per heavy atom. The van der Waals surface area contributed by atoms with Crippen molar-refractivity contribution >= 4 is 27.8 Å². The van der Waals surface area contributed by atoms with Crippen molar-refractivity contribution < 1.29 is 8.42 Å². The summed E-state index contributed by atoms with van der Waals surface area (Å²) < 4.78 is 26.5. The van der Waals surface area contributed by atoms with Crippen LogP contribution < -0.4 is 3.71 Å². The highest BCUT2D eigenvalue weighted by Gasteiger charge is 2.24. The lowest BCUT2D eigenvalue weighted by Gasteiger charge is -2.24. The summed E-state index contributed by atoms with van der Waals surface area (Å²) in [5.41, 5.74) is 1.76. The van der Waals surface area contributed by atoms with Crippen LogP contribution in [0, 0.1) is 6.92 Å². The molecule has 0 aromatic heterocycles. The quantitative estimate of drug-likeness (QED) is 0.776. The van der Waals surface area contributed by atoms with Crippen molar-refractivity contribution in [2.24, 2.45) is 0 Å². The van der Waals surface area contributed by atoms with E-state index in [0.717, 1.165) is 5.56 Å². The average molecular weight is 260 g/mol. The molecule has 1 rings (SSSR count). The summed E-state index contributed by atoms with van der Waals surface area (Å²) in [5, 5.41) is 0. The van der Waals surface area contributed by atoms with Crippen LogP contribution in [-0.2, 0) is 10.2 Å². The molecule has 0 saturated carbocycles. The number of hydrogen-bond donors (Lipinski definition) is 0. The Bertz CT molecular complexity index is 440. The van der Waals surface area contributed by atoms with Gasteiger partial charge < -0.3 is 0 Å². The molecule has 0 N–H and O–H groups in total. The highest BCUT2D eigenvalue weighted by atomic mass is 32.3. The smallest absolute Gasteiger partial charge is 0.199 e. The van der Waals surface area contributed by atoms with E-state index in [1.165, 1.54) is 34.1 Å². The molecule has 6 heteroatoms. The molecule has 4 nitrogen and oxygen atoms in total. The molecule has 1 aromatic rings. The van der Waals surface area contributed by atoms with E-state index in [0.29, 0.717) is 5.69 Å². The van der Waals surface area contributed by atoms with Crippen molar-refractivity contribution in [3.8, 4) is 0 Å². The van der Waals surface area contributed by atoms with Crippen LogP contribution in [-0.4, -0.2) is 33.1 Å². The molecular formula is C10H16N2O2S2. The van der Waals surface area contributed by atoms with Gasteiger partial charge in [-0.1, -0.05) is 17.7 Å². The standard InChI is InChI=1S/C10H16N2O2S2/c1-9-5-7-10(8-6-9)12(15-4)16(13,14)11(2)3/h5-8H,1-4H3. The van der Waals surface area contributed by atoms with E-state index in [9.17, 15) is 8.42 Å². The largest absolute Gasteiger partial charge is 0.313 e. The summed E-state index contributed by atoms with van der Waals surface area (Å²) in [4.78, 5) is 0. The van der Waals surface area contributed by atoms with E-state index in [-0.39, 0.29) is 0 Å². The highest BCUT2D eigenvalue weighted by molar-refractivity contribution is 8.13. The van der Waals surface area contributed by atoms with Gasteiger partial charge in [-0.05, 0) is 31.0 Å². The Morgan fingerprint density at radius 2 is 1.62 bits per heavy atom. The number of hydrogen-bond acceptors (Lipinski definition) is 3. The van der Waals surface area contributed by atoms with Crippen LogP contribution in [0.1, 0.15) is 5.56 Å². The molecule has 0 unspecified atom stereocenters. The van der Waals surface area contributed by atoms with E-state index >= 15 is 0 Å². The van der Waals surface area contributed by atoms with Crippen LogP contribution in [0.5, 0.6) is 0 Å². The van der Waals surface area contributed by atoms with Crippen LogP contribution in [0.3, 0.4) is 0 Å². The minimum atomic E-state index is -3.43. The third-order valence-corrected chi connectivity index (χ3v) is 5.19. The second-order valence-corrected chi connectivity index (χ2v) is 6.49. The van der Waals surface area contributed by atoms with E-state index < -0.39 is 10.2 Å². The van der Waals surface area contributed by atoms with Gasteiger partial charge in [0.25, 0.3) is 0 Å². The third-order valence-electron chi connectivity index (χ3n) is 2.08. The zero-order valence-corrected chi connectivity index (χ0v) is 11.5. The Kier molecular flexibility index (Phi) is 4.23. The SMILES string of the molecule is CSN(c1ccc(C)cc1)S(=O)(=O)N(C)C. The predicted octanol–water partition coefficient (Wildman–Crippen LogP) is 1.89. The first kappa shape index (κ1) is 13.3. The predicted molar refractivity (Wildman–Crippen MR) is 69.8 cm³/mol. The van der Waals surface area contributed by atoms with Crippen molar-refractivity contribution in [2.75, 3.05) is 24.1 Å². The molecule has 0 radical (unpaired) electrons. The van der Waals surface area contributed by atoms with Gasteiger partial charge in [-0.25, -0.2) is 0 Å². The van der Waals surface area contributed by atoms with E-state index in [4.69, 9.17) is 0 Å². The fourth-order valence-electron chi connectivity index (χ4n) is 1.15. The molecule has 0 atom stereocenters. The molecule has 0 fully saturated rings. The minimum Gasteiger partial charge on any atom is -0.199 e. The summed E-state index contributed by atoms with van der Waals surface area (Å²) >= 11 is 1.17. The van der Waals surface area contributed by atoms with E-state index in [1.54, 1.807) is 18.4 Å². The zero-order chi connectivity index (χ0) is 12.3. The number of aryl methyl sites for hydroxylation is 1. The molecule has 0 heterocycles. The molecule has 0 aliphatic carbocycles. The van der Waals surface area contributed by atoms with Crippen molar-refractivity contribution in [3.63, 3.8) is 0 Å². The Labute approximate surface area is 102 Å². The maximum Gasteiger partial charge on any atom is 0.313 e. The lowest BCUT2D eigenvalue weighted by molar-refractivity contribution is 0.523. The van der Waals surface area contributed by atoms with Gasteiger partial charge in [0.15, 0.2) is 0 Å². The normalized spacial score (nSPS) is 11.8. The first-order chi connectivity index (χ1) is 7.39. The van der Waals surface area contributed by atoms with E-state index in [2.05, 4.69) is 0 Å². The van der Waals surface area contributed by atoms with E-state index in [1.807, 2.05) is 19.1 Å². The summed E-state index contributed by atoms with van der Waals surface area (Å²) in [7, 11) is -0.384. The summed E-state index contributed by atoms with van der Waals surface area (Å²) in [5.74, 6) is 0. The van der Waals surface area contributed by atoms with Crippen LogP contribution in [0.2, 0.25) is 0 Å². The molecule has 90 valence electrons. The lowest BCUT2D eigenvalue weighted by atomic mass is 10.2. The molecule has 0 bridgehead atoms. The summed E-state index contributed by atoms with van der Waals surface area (Å²) in [6.45, 7) is 1.97. The fourth-order valence-corrected chi connectivity index (χ4v) is 3.32. The maximum atomic E-state index is 12.0. The molecule has 0 aliphatic heterocycles. The first-order valence-corrected chi connectivity index (χ1v) is 7.31. The average Bonchev–Trinajstić information content (AvgIpc) is 2.21. The van der Waals surface area contributed by atoms with Gasteiger partial charge in [0.2, 0.25) is 0 Å². The molecule has 0 aliphatic rings. The fraction of sp³-hybridized carbons (Fsp3) is 0.400. The van der Waals surface area contributed by atoms with Crippen LogP contribution in [0.25, 0.3) is 0 Å². The monoisotopic (exact) mass is 260 g/mol. The molecule has 0 saturated heterocycles. The molecular weight excluding hydrogens is 244 g/mol. The van der Waals surface area contributed by atoms with Crippen LogP contribution in [0.15, 0.2) is 24.3 Å². The molecule has 16 heavy (non-hydrogen) atoms. The Morgan fingerprint density at radius 3 is 2.00 bits per heavy atom. The van der Waals surface area contributed by atoms with Crippen LogP contribution >= 0.6 is 11.9 Å². The highest BCUT2D eigenvalue weighted by Crippen LogP contribution is 2.25. The van der Waals surface area contributed by atoms with Crippen LogP contribution in [0.4, 0.5) is 5.69 Å². The zero-order valence-electron chi connectivity index (χ0n) is 9.84. The molecule has 0 amide bonds. The first-order valence-electron chi connectivity index (χ1n) is 4.73. The second-order valence-electron chi connectivity index (χ2n) is 3.54. The van der Waals surface area contributed by atoms with Gasteiger partial charge in [0.1, 0.15) is 0 Å². The van der Waals surface area contributed by atoms with Gasteiger partial charge in [-0.15, -0.1) is 0 Å². The van der Waals surface area contributed by atoms with Gasteiger partial charge in [-0.3, -0.25) is 0 Å². The third kappa shape index (κ3) is 2.69. The number of nitrogens with zero attached hydrogens (tertiary/aromatic N) is 2. The summed E-state index contributed by atoms with van der Waals surface area (Å²) in [6, 6.07) is 7.38. The Balaban J connectivity index is 3.13. The lowest BCUT2D eigenvalue weighted by Crippen LogP contribution is -2.35. The minimum absolute atomic E-state index is 0.659. The van der Waals surface area contributed by atoms with Crippen molar-refractivity contribution in [2.45, 2.75) is 6.92 Å². The van der Waals surface area contributed by atoms with Gasteiger partial charge in [0.05, 0.1) is 5.69 Å². The van der Waals surface area contributed by atoms with Crippen molar-refractivity contribution in [1.29, 1.82) is 0 Å². The number of benzene rings is 1.